The van der Waals surface area contributed by atoms with Gasteiger partial charge in [-0.3, -0.25) is 9.98 Å². The Morgan fingerprint density at radius 1 is 0.667 bits per heavy atom. The van der Waals surface area contributed by atoms with Gasteiger partial charge in [0.2, 0.25) is 0 Å². The Morgan fingerprint density at radius 3 is 1.33 bits per heavy atom. The molecule has 0 bridgehead atoms. The van der Waals surface area contributed by atoms with Crippen molar-refractivity contribution in [1.82, 2.24) is 0 Å². The van der Waals surface area contributed by atoms with Crippen LogP contribution in [0.3, 0.4) is 0 Å². The number of hydrogen-bond donors (Lipinski definition) is 0. The van der Waals surface area contributed by atoms with E-state index in [4.69, 9.17) is 9.98 Å². The first-order chi connectivity index (χ1) is 16.8. The molecule has 0 amide bonds. The first kappa shape index (κ1) is 26.0. The molecule has 2 aliphatic rings. The van der Waals surface area contributed by atoms with Crippen LogP contribution >= 0.6 is 0 Å². The minimum Gasteiger partial charge on any atom is -0.321 e. The maximum Gasteiger partial charge on any atom is 0.416 e. The van der Waals surface area contributed by atoms with Crippen LogP contribution in [0.4, 0.5) is 37.7 Å². The molecule has 2 aromatic carbocycles. The zero-order valence-corrected chi connectivity index (χ0v) is 20.4. The molecule has 4 nitrogen and oxygen atoms in total. The first-order valence-electron chi connectivity index (χ1n) is 11.8. The minimum atomic E-state index is -4.51. The molecule has 0 radical (unpaired) electrons. The number of hydrogen-bond acceptors (Lipinski definition) is 4. The summed E-state index contributed by atoms with van der Waals surface area (Å²) in [5.41, 5.74) is -0.941. The number of benzene rings is 2. The van der Waals surface area contributed by atoms with Crippen molar-refractivity contribution < 1.29 is 26.3 Å². The van der Waals surface area contributed by atoms with Gasteiger partial charge < -0.3 is 9.80 Å². The van der Waals surface area contributed by atoms with E-state index in [1.807, 2.05) is 27.7 Å². The molecule has 0 N–H and O–H groups in total. The van der Waals surface area contributed by atoms with E-state index >= 15 is 0 Å². The average molecular weight is 511 g/mol. The Balaban J connectivity index is 1.80. The zero-order valence-electron chi connectivity index (χ0n) is 20.4. The van der Waals surface area contributed by atoms with E-state index in [0.717, 1.165) is 24.3 Å². The lowest BCUT2D eigenvalue weighted by Gasteiger charge is -2.27. The van der Waals surface area contributed by atoms with Crippen molar-refractivity contribution in [3.8, 4) is 0 Å². The molecule has 2 aromatic rings. The van der Waals surface area contributed by atoms with Gasteiger partial charge in [0.05, 0.1) is 23.2 Å². The van der Waals surface area contributed by atoms with Gasteiger partial charge in [0, 0.05) is 24.5 Å². The zero-order chi connectivity index (χ0) is 26.4. The molecule has 0 saturated carbocycles. The minimum absolute atomic E-state index is 0.0979. The molecule has 0 spiro atoms. The lowest BCUT2D eigenvalue weighted by Crippen LogP contribution is -2.42. The number of halogens is 6. The highest BCUT2D eigenvalue weighted by molar-refractivity contribution is 6.50. The molecular formula is C26H28F6N4. The standard InChI is InChI=1S/C26H28F6N4/c1-15(2)21-13-35(19-9-5-7-17(11-19)25(27,28)29)23(33-21)24-34-22(16(3)4)14-36(24)20-10-6-8-18(12-20)26(30,31)32/h5-12,15-16,21-22H,13-14H2,1-4H3/t21-,22-/m1/s1. The first-order valence-corrected chi connectivity index (χ1v) is 11.8. The number of rotatable bonds is 5. The molecule has 2 heterocycles. The van der Waals surface area contributed by atoms with Crippen LogP contribution in [0.1, 0.15) is 38.8 Å². The smallest absolute Gasteiger partial charge is 0.321 e. The predicted molar refractivity (Wildman–Crippen MR) is 130 cm³/mol. The quantitative estimate of drug-likeness (QED) is 0.410. The summed E-state index contributed by atoms with van der Waals surface area (Å²) in [6, 6.07) is 9.59. The van der Waals surface area contributed by atoms with Crippen molar-refractivity contribution in [2.75, 3.05) is 22.9 Å². The second-order valence-electron chi connectivity index (χ2n) is 9.85. The Hall–Kier alpha value is -3.04. The summed E-state index contributed by atoms with van der Waals surface area (Å²) in [6.45, 7) is 8.57. The van der Waals surface area contributed by atoms with Gasteiger partial charge >= 0.3 is 12.4 Å². The van der Waals surface area contributed by atoms with Crippen LogP contribution in [-0.2, 0) is 12.4 Å². The lowest BCUT2D eigenvalue weighted by molar-refractivity contribution is -0.138. The van der Waals surface area contributed by atoms with Gasteiger partial charge in [0.1, 0.15) is 0 Å². The summed E-state index contributed by atoms with van der Waals surface area (Å²) >= 11 is 0. The molecule has 194 valence electrons. The fraction of sp³-hybridized carbons (Fsp3) is 0.462. The summed E-state index contributed by atoms with van der Waals surface area (Å²) in [5, 5.41) is 0. The maximum absolute atomic E-state index is 13.4. The Labute approximate surface area is 206 Å². The van der Waals surface area contributed by atoms with Crippen molar-refractivity contribution in [2.24, 2.45) is 21.8 Å². The van der Waals surface area contributed by atoms with E-state index in [1.165, 1.54) is 12.1 Å². The van der Waals surface area contributed by atoms with Crippen LogP contribution in [0, 0.1) is 11.8 Å². The van der Waals surface area contributed by atoms with Crippen LogP contribution in [0.5, 0.6) is 0 Å². The number of alkyl halides is 6. The van der Waals surface area contributed by atoms with Gasteiger partial charge in [0.25, 0.3) is 0 Å². The molecule has 36 heavy (non-hydrogen) atoms. The second-order valence-corrected chi connectivity index (χ2v) is 9.85. The molecule has 2 aliphatic heterocycles. The van der Waals surface area contributed by atoms with Gasteiger partial charge in [-0.1, -0.05) is 39.8 Å². The lowest BCUT2D eigenvalue weighted by atomic mass is 10.1. The Morgan fingerprint density at radius 2 is 1.03 bits per heavy atom. The third kappa shape index (κ3) is 5.22. The topological polar surface area (TPSA) is 31.2 Å². The molecule has 0 fully saturated rings. The van der Waals surface area contributed by atoms with Crippen molar-refractivity contribution in [3.05, 3.63) is 59.7 Å². The predicted octanol–water partition coefficient (Wildman–Crippen LogP) is 6.91. The third-order valence-corrected chi connectivity index (χ3v) is 6.54. The molecular weight excluding hydrogens is 482 g/mol. The SMILES string of the molecule is CC(C)[C@H]1CN(c2cccc(C(F)(F)F)c2)C(C2=N[C@@H](C(C)C)CN2c2cccc(C(F)(F)F)c2)=N1. The molecule has 0 saturated heterocycles. The van der Waals surface area contributed by atoms with Crippen molar-refractivity contribution in [2.45, 2.75) is 52.1 Å². The molecule has 10 heteroatoms. The molecule has 0 aliphatic carbocycles. The summed E-state index contributed by atoms with van der Waals surface area (Å²) in [4.78, 5) is 13.0. The number of amidine groups is 2. The van der Waals surface area contributed by atoms with E-state index in [2.05, 4.69) is 0 Å². The molecule has 0 unspecified atom stereocenters. The van der Waals surface area contributed by atoms with E-state index in [1.54, 1.807) is 21.9 Å². The van der Waals surface area contributed by atoms with Gasteiger partial charge in [-0.25, -0.2) is 0 Å². The van der Waals surface area contributed by atoms with Crippen LogP contribution in [-0.4, -0.2) is 36.8 Å². The Kier molecular flexibility index (Phi) is 6.83. The second kappa shape index (κ2) is 9.44. The average Bonchev–Trinajstić information content (AvgIpc) is 3.43. The van der Waals surface area contributed by atoms with Crippen LogP contribution in [0.15, 0.2) is 58.5 Å². The summed E-state index contributed by atoms with van der Waals surface area (Å²) < 4.78 is 80.7. The van der Waals surface area contributed by atoms with Crippen LogP contribution in [0.25, 0.3) is 0 Å². The highest BCUT2D eigenvalue weighted by Gasteiger charge is 2.40. The highest BCUT2D eigenvalue weighted by atomic mass is 19.4. The molecule has 0 aromatic heterocycles. The molecule has 4 rings (SSSR count). The van der Waals surface area contributed by atoms with Crippen LogP contribution < -0.4 is 9.80 Å². The third-order valence-electron chi connectivity index (χ3n) is 6.54. The van der Waals surface area contributed by atoms with Crippen molar-refractivity contribution in [3.63, 3.8) is 0 Å². The van der Waals surface area contributed by atoms with Gasteiger partial charge in [0.15, 0.2) is 11.7 Å². The summed E-state index contributed by atoms with van der Waals surface area (Å²) in [6.07, 6.45) is -9.02. The van der Waals surface area contributed by atoms with Crippen molar-refractivity contribution >= 4 is 23.0 Å². The van der Waals surface area contributed by atoms with E-state index in [9.17, 15) is 26.3 Å². The molecule has 2 atom stereocenters. The summed E-state index contributed by atoms with van der Waals surface area (Å²) in [7, 11) is 0. The van der Waals surface area contributed by atoms with E-state index < -0.39 is 23.5 Å². The monoisotopic (exact) mass is 510 g/mol. The van der Waals surface area contributed by atoms with E-state index in [0.29, 0.717) is 36.1 Å². The van der Waals surface area contributed by atoms with Gasteiger partial charge in [-0.2, -0.15) is 26.3 Å². The summed E-state index contributed by atoms with van der Waals surface area (Å²) in [5.74, 6) is 0.934. The number of nitrogens with zero attached hydrogens (tertiary/aromatic N) is 4. The number of aliphatic imine (C=N–C) groups is 2. The Bertz CT molecular complexity index is 1070. The fourth-order valence-corrected chi connectivity index (χ4v) is 4.31. The van der Waals surface area contributed by atoms with Gasteiger partial charge in [-0.05, 0) is 48.2 Å². The largest absolute Gasteiger partial charge is 0.416 e. The normalized spacial score (nSPS) is 21.0. The highest BCUT2D eigenvalue weighted by Crippen LogP contribution is 2.36. The number of anilines is 2. The van der Waals surface area contributed by atoms with Gasteiger partial charge in [-0.15, -0.1) is 0 Å². The van der Waals surface area contributed by atoms with Crippen LogP contribution in [0.2, 0.25) is 0 Å². The fourth-order valence-electron chi connectivity index (χ4n) is 4.31. The maximum atomic E-state index is 13.4. The van der Waals surface area contributed by atoms with E-state index in [-0.39, 0.29) is 23.9 Å². The van der Waals surface area contributed by atoms with Crippen molar-refractivity contribution in [1.29, 1.82) is 0 Å².